The fourth-order valence-corrected chi connectivity index (χ4v) is 4.21. The van der Waals surface area contributed by atoms with Crippen LogP contribution in [0.5, 0.6) is 0 Å². The van der Waals surface area contributed by atoms with Crippen molar-refractivity contribution >= 4 is 0 Å². The van der Waals surface area contributed by atoms with Crippen molar-refractivity contribution in [3.05, 3.63) is 0 Å². The van der Waals surface area contributed by atoms with Crippen LogP contribution in [-0.4, -0.2) is 21.9 Å². The number of fused-ring (bicyclic) bond motifs is 2. The van der Waals surface area contributed by atoms with Crippen LogP contribution in [0, 0.1) is 22.7 Å². The van der Waals surface area contributed by atoms with Gasteiger partial charge in [0.1, 0.15) is 0 Å². The van der Waals surface area contributed by atoms with Crippen LogP contribution in [0.25, 0.3) is 0 Å². The monoisotopic (exact) mass is 212 g/mol. The molecular formula is C13H24O2. The van der Waals surface area contributed by atoms with Gasteiger partial charge in [0.2, 0.25) is 0 Å². The van der Waals surface area contributed by atoms with Crippen molar-refractivity contribution in [3.8, 4) is 0 Å². The maximum Gasteiger partial charge on any atom is 0.0657 e. The van der Waals surface area contributed by atoms with E-state index >= 15 is 0 Å². The van der Waals surface area contributed by atoms with Crippen LogP contribution in [0.2, 0.25) is 0 Å². The van der Waals surface area contributed by atoms with Gasteiger partial charge in [-0.25, -0.2) is 0 Å². The topological polar surface area (TPSA) is 40.5 Å². The van der Waals surface area contributed by atoms with Crippen LogP contribution >= 0.6 is 0 Å². The number of hydrogen-bond donors (Lipinski definition) is 2. The summed E-state index contributed by atoms with van der Waals surface area (Å²) in [5, 5.41) is 20.6. The second kappa shape index (κ2) is 2.78. The van der Waals surface area contributed by atoms with Crippen molar-refractivity contribution in [2.24, 2.45) is 22.7 Å². The zero-order valence-corrected chi connectivity index (χ0v) is 10.5. The maximum absolute atomic E-state index is 10.4. The van der Waals surface area contributed by atoms with Crippen LogP contribution in [0.1, 0.15) is 47.5 Å². The van der Waals surface area contributed by atoms with E-state index in [2.05, 4.69) is 20.8 Å². The fourth-order valence-electron chi connectivity index (χ4n) is 4.21. The molecule has 0 heterocycles. The molecule has 2 aliphatic carbocycles. The van der Waals surface area contributed by atoms with Crippen LogP contribution in [0.15, 0.2) is 0 Å². The molecule has 0 aromatic heterocycles. The fraction of sp³-hybridized carbons (Fsp3) is 1.00. The Hall–Kier alpha value is -0.0800. The molecule has 0 aromatic rings. The van der Waals surface area contributed by atoms with Gasteiger partial charge in [-0.05, 0) is 43.4 Å². The summed E-state index contributed by atoms with van der Waals surface area (Å²) in [4.78, 5) is 0. The summed E-state index contributed by atoms with van der Waals surface area (Å²) < 4.78 is 0. The lowest BCUT2D eigenvalue weighted by molar-refractivity contribution is -0.0886. The lowest BCUT2D eigenvalue weighted by Crippen LogP contribution is -2.45. The van der Waals surface area contributed by atoms with Gasteiger partial charge in [0.05, 0.1) is 11.7 Å². The van der Waals surface area contributed by atoms with E-state index in [4.69, 9.17) is 0 Å². The molecule has 2 bridgehead atoms. The highest BCUT2D eigenvalue weighted by atomic mass is 16.3. The second-order valence-electron chi connectivity index (χ2n) is 6.91. The van der Waals surface area contributed by atoms with E-state index in [0.29, 0.717) is 5.92 Å². The molecule has 1 unspecified atom stereocenters. The normalized spacial score (nSPS) is 48.6. The van der Waals surface area contributed by atoms with Crippen molar-refractivity contribution in [2.75, 3.05) is 0 Å². The summed E-state index contributed by atoms with van der Waals surface area (Å²) in [7, 11) is 0. The second-order valence-corrected chi connectivity index (χ2v) is 6.91. The van der Waals surface area contributed by atoms with E-state index in [1.54, 1.807) is 0 Å². The summed E-state index contributed by atoms with van der Waals surface area (Å²) >= 11 is 0. The smallest absolute Gasteiger partial charge is 0.0657 e. The Morgan fingerprint density at radius 3 is 2.00 bits per heavy atom. The van der Waals surface area contributed by atoms with Gasteiger partial charge in [0.15, 0.2) is 0 Å². The van der Waals surface area contributed by atoms with Gasteiger partial charge < -0.3 is 10.2 Å². The average molecular weight is 212 g/mol. The van der Waals surface area contributed by atoms with Crippen LogP contribution < -0.4 is 0 Å². The van der Waals surface area contributed by atoms with E-state index in [9.17, 15) is 10.2 Å². The molecule has 2 rings (SSSR count). The molecule has 0 aliphatic heterocycles. The molecule has 2 N–H and O–H groups in total. The predicted octanol–water partition coefficient (Wildman–Crippen LogP) is 2.19. The minimum Gasteiger partial charge on any atom is -0.392 e. The van der Waals surface area contributed by atoms with Crippen molar-refractivity contribution in [1.29, 1.82) is 0 Å². The number of rotatable bonds is 1. The molecule has 88 valence electrons. The third-order valence-electron chi connectivity index (χ3n) is 5.62. The van der Waals surface area contributed by atoms with E-state index in [-0.39, 0.29) is 22.9 Å². The molecule has 2 aliphatic rings. The van der Waals surface area contributed by atoms with Gasteiger partial charge in [0.25, 0.3) is 0 Å². The molecule has 2 saturated carbocycles. The Balaban J connectivity index is 2.43. The molecule has 2 heteroatoms. The molecule has 0 radical (unpaired) electrons. The molecule has 0 aromatic carbocycles. The van der Waals surface area contributed by atoms with Crippen molar-refractivity contribution in [3.63, 3.8) is 0 Å². The SMILES string of the molecule is CC(C)(O)C1[C@H]2CC[C@](C)([C@H]1O)C2(C)C. The molecular weight excluding hydrogens is 188 g/mol. The summed E-state index contributed by atoms with van der Waals surface area (Å²) in [6.07, 6.45) is 1.89. The highest BCUT2D eigenvalue weighted by Gasteiger charge is 2.68. The van der Waals surface area contributed by atoms with Crippen molar-refractivity contribution in [1.82, 2.24) is 0 Å². The lowest BCUT2D eigenvalue weighted by atomic mass is 9.70. The van der Waals surface area contributed by atoms with E-state index in [1.807, 2.05) is 13.8 Å². The Bertz CT molecular complexity index is 277. The first-order valence-electron chi connectivity index (χ1n) is 6.03. The van der Waals surface area contributed by atoms with Crippen molar-refractivity contribution in [2.45, 2.75) is 59.2 Å². The zero-order valence-electron chi connectivity index (χ0n) is 10.5. The first-order chi connectivity index (χ1) is 6.62. The number of hydrogen-bond acceptors (Lipinski definition) is 2. The first-order valence-corrected chi connectivity index (χ1v) is 6.03. The Morgan fingerprint density at radius 1 is 1.20 bits per heavy atom. The molecule has 15 heavy (non-hydrogen) atoms. The molecule has 2 nitrogen and oxygen atoms in total. The molecule has 0 spiro atoms. The first kappa shape index (κ1) is 11.4. The maximum atomic E-state index is 10.4. The van der Waals surface area contributed by atoms with Gasteiger partial charge in [-0.1, -0.05) is 20.8 Å². The standard InChI is InChI=1S/C13H24O2/c1-11(2)8-6-7-13(11,5)10(14)9(8)12(3,4)15/h8-10,14-15H,6-7H2,1-5H3/t8-,9?,10+,13-/m1/s1. The summed E-state index contributed by atoms with van der Waals surface area (Å²) in [6.45, 7) is 10.4. The van der Waals surface area contributed by atoms with E-state index < -0.39 is 5.60 Å². The minimum atomic E-state index is -0.764. The highest BCUT2D eigenvalue weighted by Crippen LogP contribution is 2.69. The summed E-state index contributed by atoms with van der Waals surface area (Å²) in [5.41, 5.74) is -0.626. The van der Waals surface area contributed by atoms with Gasteiger partial charge in [-0.2, -0.15) is 0 Å². The van der Waals surface area contributed by atoms with E-state index in [1.165, 1.54) is 0 Å². The molecule has 0 saturated heterocycles. The average Bonchev–Trinajstić information content (AvgIpc) is 2.33. The van der Waals surface area contributed by atoms with E-state index in [0.717, 1.165) is 12.8 Å². The third-order valence-corrected chi connectivity index (χ3v) is 5.62. The number of aliphatic hydroxyl groups excluding tert-OH is 1. The van der Waals surface area contributed by atoms with Crippen molar-refractivity contribution < 1.29 is 10.2 Å². The highest BCUT2D eigenvalue weighted by molar-refractivity contribution is 5.16. The van der Waals surface area contributed by atoms with Gasteiger partial charge >= 0.3 is 0 Å². The molecule has 0 amide bonds. The zero-order chi connectivity index (χ0) is 11.6. The quantitative estimate of drug-likeness (QED) is 0.699. The molecule has 2 fully saturated rings. The largest absolute Gasteiger partial charge is 0.392 e. The lowest BCUT2D eigenvalue weighted by Gasteiger charge is -2.40. The Kier molecular flexibility index (Phi) is 2.11. The minimum absolute atomic E-state index is 0.0116. The van der Waals surface area contributed by atoms with Crippen LogP contribution in [0.4, 0.5) is 0 Å². The predicted molar refractivity (Wildman–Crippen MR) is 60.4 cm³/mol. The van der Waals surface area contributed by atoms with Crippen LogP contribution in [0.3, 0.4) is 0 Å². The Morgan fingerprint density at radius 2 is 1.73 bits per heavy atom. The summed E-state index contributed by atoms with van der Waals surface area (Å²) in [5.74, 6) is 0.490. The summed E-state index contributed by atoms with van der Waals surface area (Å²) in [6, 6.07) is 0. The Labute approximate surface area is 92.7 Å². The third kappa shape index (κ3) is 1.18. The number of aliphatic hydroxyl groups is 2. The van der Waals surface area contributed by atoms with Gasteiger partial charge in [-0.3, -0.25) is 0 Å². The van der Waals surface area contributed by atoms with Gasteiger partial charge in [0, 0.05) is 5.92 Å². The van der Waals surface area contributed by atoms with Gasteiger partial charge in [-0.15, -0.1) is 0 Å². The van der Waals surface area contributed by atoms with Crippen LogP contribution in [-0.2, 0) is 0 Å². The molecule has 4 atom stereocenters.